The molecule has 1 unspecified atom stereocenters. The van der Waals surface area contributed by atoms with Gasteiger partial charge in [0.2, 0.25) is 0 Å². The van der Waals surface area contributed by atoms with Crippen LogP contribution in [0.1, 0.15) is 55.4 Å². The number of nitrogens with two attached hydrogens (primary N) is 1. The molecule has 1 saturated carbocycles. The predicted molar refractivity (Wildman–Crippen MR) is 80.5 cm³/mol. The SMILES string of the molecule is Cn1cc(N)cc1C(=O)N1CCCC1C1CCCCC1. The summed E-state index contributed by atoms with van der Waals surface area (Å²) in [4.78, 5) is 14.9. The highest BCUT2D eigenvalue weighted by Gasteiger charge is 2.36. The maximum absolute atomic E-state index is 12.8. The van der Waals surface area contributed by atoms with E-state index in [0.717, 1.165) is 18.7 Å². The van der Waals surface area contributed by atoms with E-state index in [1.165, 1.54) is 38.5 Å². The second-order valence-electron chi connectivity index (χ2n) is 6.38. The van der Waals surface area contributed by atoms with Gasteiger partial charge in [0.05, 0.1) is 5.69 Å². The molecule has 1 aliphatic carbocycles. The predicted octanol–water partition coefficient (Wildman–Crippen LogP) is 2.79. The Balaban J connectivity index is 1.77. The van der Waals surface area contributed by atoms with Gasteiger partial charge in [-0.25, -0.2) is 0 Å². The topological polar surface area (TPSA) is 51.3 Å². The van der Waals surface area contributed by atoms with Gasteiger partial charge >= 0.3 is 0 Å². The van der Waals surface area contributed by atoms with Crippen LogP contribution in [0.2, 0.25) is 0 Å². The second kappa shape index (κ2) is 5.51. The Bertz CT molecular complexity index is 488. The van der Waals surface area contributed by atoms with Crippen LogP contribution in [0.4, 0.5) is 5.69 Å². The van der Waals surface area contributed by atoms with Crippen molar-refractivity contribution in [3.8, 4) is 0 Å². The first kappa shape index (κ1) is 13.5. The normalized spacial score (nSPS) is 24.2. The number of likely N-dealkylation sites (tertiary alicyclic amines) is 1. The summed E-state index contributed by atoms with van der Waals surface area (Å²) in [5.74, 6) is 0.880. The van der Waals surface area contributed by atoms with Crippen LogP contribution in [-0.2, 0) is 7.05 Å². The molecule has 2 heterocycles. The van der Waals surface area contributed by atoms with Crippen molar-refractivity contribution in [2.45, 2.75) is 51.0 Å². The number of nitrogens with zero attached hydrogens (tertiary/aromatic N) is 2. The number of aryl methyl sites for hydroxylation is 1. The molecule has 3 rings (SSSR count). The standard InChI is InChI=1S/C16H25N3O/c1-18-11-13(17)10-15(18)16(20)19-9-5-8-14(19)12-6-3-2-4-7-12/h10-12,14H,2-9,17H2,1H3. The van der Waals surface area contributed by atoms with Crippen LogP contribution in [-0.4, -0.2) is 28.0 Å². The number of anilines is 1. The van der Waals surface area contributed by atoms with E-state index < -0.39 is 0 Å². The van der Waals surface area contributed by atoms with Crippen molar-refractivity contribution in [1.29, 1.82) is 0 Å². The fraction of sp³-hybridized carbons (Fsp3) is 0.688. The molecule has 0 bridgehead atoms. The lowest BCUT2D eigenvalue weighted by atomic mass is 9.83. The van der Waals surface area contributed by atoms with Gasteiger partial charge in [0.25, 0.3) is 5.91 Å². The number of hydrogen-bond donors (Lipinski definition) is 1. The lowest BCUT2D eigenvalue weighted by molar-refractivity contribution is 0.0652. The van der Waals surface area contributed by atoms with Crippen molar-refractivity contribution < 1.29 is 4.79 Å². The van der Waals surface area contributed by atoms with E-state index >= 15 is 0 Å². The average molecular weight is 275 g/mol. The molecule has 0 aromatic carbocycles. The van der Waals surface area contributed by atoms with E-state index in [-0.39, 0.29) is 5.91 Å². The fourth-order valence-electron chi connectivity index (χ4n) is 4.00. The minimum Gasteiger partial charge on any atom is -0.397 e. The summed E-state index contributed by atoms with van der Waals surface area (Å²) in [5.41, 5.74) is 7.20. The molecule has 1 amide bonds. The molecule has 2 fully saturated rings. The summed E-state index contributed by atoms with van der Waals surface area (Å²) in [6.45, 7) is 0.908. The maximum Gasteiger partial charge on any atom is 0.270 e. The van der Waals surface area contributed by atoms with Crippen molar-refractivity contribution in [3.63, 3.8) is 0 Å². The van der Waals surface area contributed by atoms with Gasteiger partial charge < -0.3 is 15.2 Å². The van der Waals surface area contributed by atoms with E-state index in [4.69, 9.17) is 5.73 Å². The van der Waals surface area contributed by atoms with Gasteiger partial charge in [0, 0.05) is 25.8 Å². The Morgan fingerprint density at radius 1 is 1.20 bits per heavy atom. The van der Waals surface area contributed by atoms with Crippen molar-refractivity contribution in [3.05, 3.63) is 18.0 Å². The highest BCUT2D eigenvalue weighted by Crippen LogP contribution is 2.35. The lowest BCUT2D eigenvalue weighted by Gasteiger charge is -2.34. The average Bonchev–Trinajstić information content (AvgIpc) is 3.05. The molecule has 4 nitrogen and oxygen atoms in total. The van der Waals surface area contributed by atoms with Crippen LogP contribution < -0.4 is 5.73 Å². The third-order valence-corrected chi connectivity index (χ3v) is 5.00. The molecule has 110 valence electrons. The van der Waals surface area contributed by atoms with Crippen molar-refractivity contribution in [2.75, 3.05) is 12.3 Å². The Kier molecular flexibility index (Phi) is 3.72. The van der Waals surface area contributed by atoms with Crippen LogP contribution in [0.25, 0.3) is 0 Å². The zero-order valence-corrected chi connectivity index (χ0v) is 12.3. The van der Waals surface area contributed by atoms with Crippen LogP contribution in [0.3, 0.4) is 0 Å². The zero-order chi connectivity index (χ0) is 14.1. The second-order valence-corrected chi connectivity index (χ2v) is 6.38. The van der Waals surface area contributed by atoms with Crippen molar-refractivity contribution in [2.24, 2.45) is 13.0 Å². The van der Waals surface area contributed by atoms with Crippen molar-refractivity contribution in [1.82, 2.24) is 9.47 Å². The van der Waals surface area contributed by atoms with Crippen LogP contribution in [0.15, 0.2) is 12.3 Å². The Labute approximate surface area is 120 Å². The first-order chi connectivity index (χ1) is 9.66. The number of amides is 1. The molecular weight excluding hydrogens is 250 g/mol. The summed E-state index contributed by atoms with van der Waals surface area (Å²) in [6.07, 6.45) is 10.8. The smallest absolute Gasteiger partial charge is 0.270 e. The molecule has 0 radical (unpaired) electrons. The number of rotatable bonds is 2. The number of hydrogen-bond acceptors (Lipinski definition) is 2. The van der Waals surface area contributed by atoms with Gasteiger partial charge in [-0.05, 0) is 37.7 Å². The largest absolute Gasteiger partial charge is 0.397 e. The van der Waals surface area contributed by atoms with E-state index in [9.17, 15) is 4.79 Å². The van der Waals surface area contributed by atoms with Crippen LogP contribution in [0, 0.1) is 5.92 Å². The summed E-state index contributed by atoms with van der Waals surface area (Å²) in [7, 11) is 1.90. The summed E-state index contributed by atoms with van der Waals surface area (Å²) in [5, 5.41) is 0. The Morgan fingerprint density at radius 2 is 1.95 bits per heavy atom. The molecule has 1 aromatic rings. The van der Waals surface area contributed by atoms with Crippen molar-refractivity contribution >= 4 is 11.6 Å². The van der Waals surface area contributed by atoms with Gasteiger partial charge in [-0.2, -0.15) is 0 Å². The number of aromatic nitrogens is 1. The molecule has 2 N–H and O–H groups in total. The first-order valence-corrected chi connectivity index (χ1v) is 7.89. The molecule has 1 aromatic heterocycles. The fourth-order valence-corrected chi connectivity index (χ4v) is 4.00. The number of nitrogen functional groups attached to an aromatic ring is 1. The van der Waals surface area contributed by atoms with E-state index in [0.29, 0.717) is 17.6 Å². The highest BCUT2D eigenvalue weighted by molar-refractivity contribution is 5.94. The van der Waals surface area contributed by atoms with Gasteiger partial charge in [-0.3, -0.25) is 4.79 Å². The molecule has 1 atom stereocenters. The van der Waals surface area contributed by atoms with E-state index in [1.54, 1.807) is 6.07 Å². The molecule has 1 saturated heterocycles. The zero-order valence-electron chi connectivity index (χ0n) is 12.3. The van der Waals surface area contributed by atoms with Gasteiger partial charge in [-0.1, -0.05) is 19.3 Å². The van der Waals surface area contributed by atoms with Crippen LogP contribution in [0.5, 0.6) is 0 Å². The first-order valence-electron chi connectivity index (χ1n) is 7.89. The molecule has 4 heteroatoms. The molecule has 1 aliphatic heterocycles. The van der Waals surface area contributed by atoms with E-state index in [2.05, 4.69) is 4.90 Å². The summed E-state index contributed by atoms with van der Waals surface area (Å²) >= 11 is 0. The summed E-state index contributed by atoms with van der Waals surface area (Å²) < 4.78 is 1.86. The van der Waals surface area contributed by atoms with E-state index in [1.807, 2.05) is 17.8 Å². The highest BCUT2D eigenvalue weighted by atomic mass is 16.2. The van der Waals surface area contributed by atoms with Gasteiger partial charge in [0.1, 0.15) is 5.69 Å². The van der Waals surface area contributed by atoms with Crippen LogP contribution >= 0.6 is 0 Å². The monoisotopic (exact) mass is 275 g/mol. The molecular formula is C16H25N3O. The number of carbonyl (C=O) groups is 1. The third kappa shape index (κ3) is 2.43. The third-order valence-electron chi connectivity index (χ3n) is 5.00. The maximum atomic E-state index is 12.8. The van der Waals surface area contributed by atoms with Gasteiger partial charge in [0.15, 0.2) is 0 Å². The van der Waals surface area contributed by atoms with Gasteiger partial charge in [-0.15, -0.1) is 0 Å². The quantitative estimate of drug-likeness (QED) is 0.902. The minimum absolute atomic E-state index is 0.164. The molecule has 0 spiro atoms. The Hall–Kier alpha value is -1.45. The lowest BCUT2D eigenvalue weighted by Crippen LogP contribution is -2.41. The number of carbonyl (C=O) groups excluding carboxylic acids is 1. The Morgan fingerprint density at radius 3 is 2.60 bits per heavy atom. The molecule has 20 heavy (non-hydrogen) atoms. The summed E-state index contributed by atoms with van der Waals surface area (Å²) in [6, 6.07) is 2.26. The molecule has 2 aliphatic rings. The minimum atomic E-state index is 0.164.